The summed E-state index contributed by atoms with van der Waals surface area (Å²) in [6.45, 7) is 7.18. The largest absolute Gasteiger partial charge is 0.424 e. The van der Waals surface area contributed by atoms with E-state index in [2.05, 4.69) is 20.0 Å². The summed E-state index contributed by atoms with van der Waals surface area (Å²) in [5, 5.41) is 18.4. The maximum absolute atomic E-state index is 10.3. The van der Waals surface area contributed by atoms with Gasteiger partial charge in [0, 0.05) is 39.1 Å². The Balaban J connectivity index is 1.45. The fourth-order valence-corrected chi connectivity index (χ4v) is 2.84. The van der Waals surface area contributed by atoms with Crippen molar-refractivity contribution in [1.29, 1.82) is 0 Å². The van der Waals surface area contributed by atoms with Gasteiger partial charge in [-0.1, -0.05) is 37.3 Å². The van der Waals surface area contributed by atoms with Crippen LogP contribution in [0.2, 0.25) is 0 Å². The fraction of sp³-hybridized carbons (Fsp3) is 0.529. The molecule has 0 unspecified atom stereocenters. The SMILES string of the molecule is CCc1nnc(CN2CCN(C[C@@H](O)c3ccccc3)CC2)o1. The second-order valence-corrected chi connectivity index (χ2v) is 5.95. The van der Waals surface area contributed by atoms with E-state index in [0.717, 1.165) is 38.2 Å². The first-order valence-corrected chi connectivity index (χ1v) is 8.23. The molecule has 1 aliphatic rings. The number of aromatic nitrogens is 2. The van der Waals surface area contributed by atoms with Crippen molar-refractivity contribution in [3.05, 3.63) is 47.7 Å². The Labute approximate surface area is 136 Å². The fourth-order valence-electron chi connectivity index (χ4n) is 2.84. The average Bonchev–Trinajstić information content (AvgIpc) is 3.05. The van der Waals surface area contributed by atoms with Gasteiger partial charge in [0.25, 0.3) is 0 Å². The summed E-state index contributed by atoms with van der Waals surface area (Å²) in [5.74, 6) is 1.39. The Kier molecular flexibility index (Phi) is 5.38. The minimum Gasteiger partial charge on any atom is -0.424 e. The van der Waals surface area contributed by atoms with Gasteiger partial charge in [-0.3, -0.25) is 9.80 Å². The van der Waals surface area contributed by atoms with Crippen LogP contribution in [0.3, 0.4) is 0 Å². The molecule has 3 rings (SSSR count). The monoisotopic (exact) mass is 316 g/mol. The van der Waals surface area contributed by atoms with Crippen LogP contribution >= 0.6 is 0 Å². The van der Waals surface area contributed by atoms with Crippen LogP contribution in [0.4, 0.5) is 0 Å². The molecule has 0 amide bonds. The van der Waals surface area contributed by atoms with Gasteiger partial charge in [0.05, 0.1) is 12.6 Å². The van der Waals surface area contributed by atoms with Gasteiger partial charge in [-0.15, -0.1) is 10.2 Å². The lowest BCUT2D eigenvalue weighted by Gasteiger charge is -2.35. The molecule has 0 bridgehead atoms. The first-order valence-electron chi connectivity index (χ1n) is 8.23. The van der Waals surface area contributed by atoms with E-state index in [1.165, 1.54) is 0 Å². The van der Waals surface area contributed by atoms with Gasteiger partial charge >= 0.3 is 0 Å². The molecule has 23 heavy (non-hydrogen) atoms. The maximum Gasteiger partial charge on any atom is 0.230 e. The lowest BCUT2D eigenvalue weighted by molar-refractivity contribution is 0.0670. The first kappa shape index (κ1) is 16.1. The van der Waals surface area contributed by atoms with Gasteiger partial charge in [0.2, 0.25) is 11.8 Å². The van der Waals surface area contributed by atoms with Crippen LogP contribution in [0.1, 0.15) is 30.4 Å². The van der Waals surface area contributed by atoms with Crippen LogP contribution in [-0.2, 0) is 13.0 Å². The van der Waals surface area contributed by atoms with Crippen LogP contribution in [0.15, 0.2) is 34.7 Å². The predicted octanol–water partition coefficient (Wildman–Crippen LogP) is 1.48. The Morgan fingerprint density at radius 2 is 1.70 bits per heavy atom. The third-order valence-electron chi connectivity index (χ3n) is 4.25. The molecule has 1 aromatic carbocycles. The van der Waals surface area contributed by atoms with E-state index < -0.39 is 6.10 Å². The maximum atomic E-state index is 10.3. The summed E-state index contributed by atoms with van der Waals surface area (Å²) in [7, 11) is 0. The van der Waals surface area contributed by atoms with E-state index in [1.807, 2.05) is 37.3 Å². The average molecular weight is 316 g/mol. The standard InChI is InChI=1S/C17H24N4O2/c1-2-16-18-19-17(23-16)13-21-10-8-20(9-11-21)12-15(22)14-6-4-3-5-7-14/h3-7,15,22H,2,8-13H2,1H3/t15-/m1/s1. The summed E-state index contributed by atoms with van der Waals surface area (Å²) >= 11 is 0. The van der Waals surface area contributed by atoms with Crippen molar-refractivity contribution in [1.82, 2.24) is 20.0 Å². The molecule has 0 aliphatic carbocycles. The second kappa shape index (κ2) is 7.68. The molecule has 0 spiro atoms. The van der Waals surface area contributed by atoms with Gasteiger partial charge in [-0.2, -0.15) is 0 Å². The van der Waals surface area contributed by atoms with Crippen LogP contribution < -0.4 is 0 Å². The van der Waals surface area contributed by atoms with Crippen LogP contribution in [0.25, 0.3) is 0 Å². The third kappa shape index (κ3) is 4.37. The highest BCUT2D eigenvalue weighted by Gasteiger charge is 2.21. The smallest absolute Gasteiger partial charge is 0.230 e. The highest BCUT2D eigenvalue weighted by atomic mass is 16.4. The molecule has 0 radical (unpaired) electrons. The van der Waals surface area contributed by atoms with Crippen molar-refractivity contribution in [2.24, 2.45) is 0 Å². The van der Waals surface area contributed by atoms with Crippen LogP contribution in [0, 0.1) is 0 Å². The molecule has 6 nitrogen and oxygen atoms in total. The van der Waals surface area contributed by atoms with Gasteiger partial charge in [-0.05, 0) is 5.56 Å². The number of hydrogen-bond donors (Lipinski definition) is 1. The summed E-state index contributed by atoms with van der Waals surface area (Å²) in [4.78, 5) is 4.62. The molecule has 6 heteroatoms. The van der Waals surface area contributed by atoms with E-state index in [-0.39, 0.29) is 0 Å². The zero-order valence-corrected chi connectivity index (χ0v) is 13.6. The van der Waals surface area contributed by atoms with Crippen molar-refractivity contribution in [2.45, 2.75) is 26.0 Å². The minimum absolute atomic E-state index is 0.425. The van der Waals surface area contributed by atoms with E-state index in [0.29, 0.717) is 24.9 Å². The van der Waals surface area contributed by atoms with Crippen molar-refractivity contribution in [3.63, 3.8) is 0 Å². The number of benzene rings is 1. The van der Waals surface area contributed by atoms with Crippen molar-refractivity contribution in [3.8, 4) is 0 Å². The number of aliphatic hydroxyl groups excluding tert-OH is 1. The number of aliphatic hydroxyl groups is 1. The highest BCUT2D eigenvalue weighted by molar-refractivity contribution is 5.17. The lowest BCUT2D eigenvalue weighted by atomic mass is 10.1. The topological polar surface area (TPSA) is 65.6 Å². The normalized spacial score (nSPS) is 18.2. The molecule has 2 heterocycles. The quantitative estimate of drug-likeness (QED) is 0.871. The summed E-state index contributed by atoms with van der Waals surface area (Å²) in [6, 6.07) is 9.84. The first-order chi connectivity index (χ1) is 11.2. The molecule has 1 aliphatic heterocycles. The molecule has 1 atom stereocenters. The Morgan fingerprint density at radius 3 is 2.35 bits per heavy atom. The van der Waals surface area contributed by atoms with Crippen LogP contribution in [0.5, 0.6) is 0 Å². The van der Waals surface area contributed by atoms with E-state index >= 15 is 0 Å². The molecular formula is C17H24N4O2. The van der Waals surface area contributed by atoms with E-state index in [4.69, 9.17) is 4.42 Å². The van der Waals surface area contributed by atoms with Gasteiger partial charge < -0.3 is 9.52 Å². The molecule has 1 saturated heterocycles. The van der Waals surface area contributed by atoms with E-state index in [1.54, 1.807) is 0 Å². The molecule has 1 fully saturated rings. The molecule has 124 valence electrons. The number of aryl methyl sites for hydroxylation is 1. The number of piperazine rings is 1. The summed E-state index contributed by atoms with van der Waals surface area (Å²) < 4.78 is 5.57. The number of nitrogens with zero attached hydrogens (tertiary/aromatic N) is 4. The van der Waals surface area contributed by atoms with Crippen LogP contribution in [-0.4, -0.2) is 57.8 Å². The zero-order chi connectivity index (χ0) is 16.1. The number of β-amino-alcohol motifs (C(OH)–C–C–N with tert-alkyl or cyclic N) is 1. The molecular weight excluding hydrogens is 292 g/mol. The molecule has 1 N–H and O–H groups in total. The summed E-state index contributed by atoms with van der Waals surface area (Å²) in [5.41, 5.74) is 0.980. The Bertz CT molecular complexity index is 594. The Hall–Kier alpha value is -1.76. The van der Waals surface area contributed by atoms with Gasteiger partial charge in [0.15, 0.2) is 0 Å². The second-order valence-electron chi connectivity index (χ2n) is 5.95. The third-order valence-corrected chi connectivity index (χ3v) is 4.25. The highest BCUT2D eigenvalue weighted by Crippen LogP contribution is 2.15. The zero-order valence-electron chi connectivity index (χ0n) is 13.6. The Morgan fingerprint density at radius 1 is 1.04 bits per heavy atom. The summed E-state index contributed by atoms with van der Waals surface area (Å²) in [6.07, 6.45) is 0.351. The van der Waals surface area contributed by atoms with Crippen molar-refractivity contribution < 1.29 is 9.52 Å². The predicted molar refractivity (Wildman–Crippen MR) is 86.8 cm³/mol. The molecule has 1 aromatic heterocycles. The van der Waals surface area contributed by atoms with Gasteiger partial charge in [0.1, 0.15) is 0 Å². The number of hydrogen-bond acceptors (Lipinski definition) is 6. The molecule has 0 saturated carbocycles. The van der Waals surface area contributed by atoms with Gasteiger partial charge in [-0.25, -0.2) is 0 Å². The van der Waals surface area contributed by atoms with Crippen molar-refractivity contribution >= 4 is 0 Å². The number of rotatable bonds is 6. The van der Waals surface area contributed by atoms with Crippen molar-refractivity contribution in [2.75, 3.05) is 32.7 Å². The molecule has 2 aromatic rings. The lowest BCUT2D eigenvalue weighted by Crippen LogP contribution is -2.47. The van der Waals surface area contributed by atoms with E-state index in [9.17, 15) is 5.11 Å². The minimum atomic E-state index is -0.425.